The third kappa shape index (κ3) is 3.01. The Hall–Kier alpha value is -1.65. The van der Waals surface area contributed by atoms with Crippen molar-refractivity contribution in [2.24, 2.45) is 10.7 Å². The maximum Gasteiger partial charge on any atom is 0.131 e. The van der Waals surface area contributed by atoms with Crippen LogP contribution >= 0.6 is 31.9 Å². The summed E-state index contributed by atoms with van der Waals surface area (Å²) < 4.78 is 2.08. The monoisotopic (exact) mass is 402 g/mol. The van der Waals surface area contributed by atoms with Gasteiger partial charge in [-0.15, -0.1) is 0 Å². The molecule has 3 aromatic rings. The van der Waals surface area contributed by atoms with Crippen molar-refractivity contribution in [3.8, 4) is 0 Å². The van der Waals surface area contributed by atoms with Gasteiger partial charge in [0.15, 0.2) is 0 Å². The molecule has 0 radical (unpaired) electrons. The second-order valence-corrected chi connectivity index (χ2v) is 6.39. The van der Waals surface area contributed by atoms with Crippen LogP contribution in [0.1, 0.15) is 5.56 Å². The number of fused-ring (bicyclic) bond motifs is 1. The molecule has 0 aliphatic carbocycles. The number of halogens is 2. The summed E-state index contributed by atoms with van der Waals surface area (Å²) in [6, 6.07) is 19.9. The van der Waals surface area contributed by atoms with Crippen molar-refractivity contribution in [1.82, 2.24) is 0 Å². The highest BCUT2D eigenvalue weighted by molar-refractivity contribution is 9.11. The fraction of sp³-hybridized carbons (Fsp3) is 0. The first-order chi connectivity index (χ1) is 10.1. The minimum atomic E-state index is 0.509. The third-order valence-electron chi connectivity index (χ3n) is 3.23. The summed E-state index contributed by atoms with van der Waals surface area (Å²) in [5, 5.41) is 2.20. The normalized spacial score (nSPS) is 11.8. The lowest BCUT2D eigenvalue weighted by Gasteiger charge is -2.06. The van der Waals surface area contributed by atoms with Crippen LogP contribution in [0, 0.1) is 0 Å². The highest BCUT2D eigenvalue weighted by Crippen LogP contribution is 2.31. The molecule has 2 N–H and O–H groups in total. The lowest BCUT2D eigenvalue weighted by Crippen LogP contribution is -2.12. The predicted octanol–water partition coefficient (Wildman–Crippen LogP) is 5.40. The average molecular weight is 404 g/mol. The number of aliphatic imine (C=N–C) groups is 1. The van der Waals surface area contributed by atoms with Gasteiger partial charge in [0, 0.05) is 19.9 Å². The second-order valence-electron chi connectivity index (χ2n) is 4.62. The van der Waals surface area contributed by atoms with Crippen molar-refractivity contribution >= 4 is 54.2 Å². The van der Waals surface area contributed by atoms with Crippen molar-refractivity contribution in [2.45, 2.75) is 0 Å². The Balaban J connectivity index is 2.11. The van der Waals surface area contributed by atoms with Gasteiger partial charge >= 0.3 is 0 Å². The Morgan fingerprint density at radius 1 is 0.810 bits per heavy atom. The van der Waals surface area contributed by atoms with Gasteiger partial charge in [0.2, 0.25) is 0 Å². The van der Waals surface area contributed by atoms with E-state index in [1.54, 1.807) is 0 Å². The zero-order valence-electron chi connectivity index (χ0n) is 11.1. The lowest BCUT2D eigenvalue weighted by molar-refractivity contribution is 1.46. The lowest BCUT2D eigenvalue weighted by atomic mass is 10.1. The molecule has 3 rings (SSSR count). The van der Waals surface area contributed by atoms with Crippen LogP contribution < -0.4 is 5.73 Å². The van der Waals surface area contributed by atoms with E-state index in [2.05, 4.69) is 42.9 Å². The molecular formula is C17H12Br2N2. The first-order valence-corrected chi connectivity index (χ1v) is 8.01. The van der Waals surface area contributed by atoms with Crippen molar-refractivity contribution in [1.29, 1.82) is 0 Å². The largest absolute Gasteiger partial charge is 0.383 e. The van der Waals surface area contributed by atoms with Crippen LogP contribution in [0.3, 0.4) is 0 Å². The first-order valence-electron chi connectivity index (χ1n) is 6.42. The molecule has 3 aromatic carbocycles. The molecule has 0 aliphatic rings. The Morgan fingerprint density at radius 2 is 1.48 bits per heavy atom. The minimum Gasteiger partial charge on any atom is -0.383 e. The van der Waals surface area contributed by atoms with Gasteiger partial charge in [-0.1, -0.05) is 68.3 Å². The molecule has 0 fully saturated rings. The molecule has 0 saturated carbocycles. The molecular weight excluding hydrogens is 392 g/mol. The fourth-order valence-corrected chi connectivity index (χ4v) is 2.90. The quantitative estimate of drug-likeness (QED) is 0.451. The molecule has 0 aliphatic heterocycles. The molecule has 0 saturated heterocycles. The molecule has 21 heavy (non-hydrogen) atoms. The SMILES string of the molecule is NC(=Nc1ccc(Br)c2ccccc12)c1ccc(Br)cc1. The smallest absolute Gasteiger partial charge is 0.131 e. The van der Waals surface area contributed by atoms with Crippen LogP contribution in [-0.2, 0) is 0 Å². The summed E-state index contributed by atoms with van der Waals surface area (Å²) in [5.74, 6) is 0.509. The summed E-state index contributed by atoms with van der Waals surface area (Å²) in [6.07, 6.45) is 0. The van der Waals surface area contributed by atoms with E-state index in [4.69, 9.17) is 5.73 Å². The van der Waals surface area contributed by atoms with Crippen LogP contribution in [0.15, 0.2) is 74.6 Å². The fourth-order valence-electron chi connectivity index (χ4n) is 2.16. The molecule has 0 amide bonds. The van der Waals surface area contributed by atoms with E-state index < -0.39 is 0 Å². The second kappa shape index (κ2) is 6.00. The maximum absolute atomic E-state index is 6.13. The zero-order valence-corrected chi connectivity index (χ0v) is 14.2. The summed E-state index contributed by atoms with van der Waals surface area (Å²) in [5.41, 5.74) is 7.91. The van der Waals surface area contributed by atoms with Crippen molar-refractivity contribution in [3.63, 3.8) is 0 Å². The van der Waals surface area contributed by atoms with E-state index >= 15 is 0 Å². The average Bonchev–Trinajstić information content (AvgIpc) is 2.51. The molecule has 0 bridgehead atoms. The third-order valence-corrected chi connectivity index (χ3v) is 4.45. The molecule has 0 heterocycles. The number of amidine groups is 1. The zero-order chi connectivity index (χ0) is 14.8. The Bertz CT molecular complexity index is 824. The highest BCUT2D eigenvalue weighted by Gasteiger charge is 2.05. The number of nitrogens with zero attached hydrogens (tertiary/aromatic N) is 1. The van der Waals surface area contributed by atoms with Gasteiger partial charge < -0.3 is 5.73 Å². The Kier molecular flexibility index (Phi) is 4.08. The highest BCUT2D eigenvalue weighted by atomic mass is 79.9. The molecule has 0 unspecified atom stereocenters. The van der Waals surface area contributed by atoms with Crippen LogP contribution in [0.4, 0.5) is 5.69 Å². The standard InChI is InChI=1S/C17H12Br2N2/c18-12-7-5-11(6-8-12)17(20)21-16-10-9-15(19)13-3-1-2-4-14(13)16/h1-10H,(H2,20,21). The number of benzene rings is 3. The van der Waals surface area contributed by atoms with Crippen LogP contribution in [0.2, 0.25) is 0 Å². The van der Waals surface area contributed by atoms with Gasteiger partial charge in [0.1, 0.15) is 5.84 Å². The van der Waals surface area contributed by atoms with Gasteiger partial charge in [0.05, 0.1) is 5.69 Å². The molecule has 0 spiro atoms. The number of rotatable bonds is 2. The van der Waals surface area contributed by atoms with Gasteiger partial charge in [-0.05, 0) is 29.7 Å². The number of hydrogen-bond acceptors (Lipinski definition) is 1. The molecule has 104 valence electrons. The molecule has 4 heteroatoms. The van der Waals surface area contributed by atoms with E-state index in [1.807, 2.05) is 54.6 Å². The Labute approximate surface area is 140 Å². The molecule has 0 aromatic heterocycles. The minimum absolute atomic E-state index is 0.509. The first kappa shape index (κ1) is 14.3. The van der Waals surface area contributed by atoms with E-state index in [0.29, 0.717) is 5.84 Å². The van der Waals surface area contributed by atoms with Crippen LogP contribution in [-0.4, -0.2) is 5.84 Å². The van der Waals surface area contributed by atoms with E-state index in [9.17, 15) is 0 Å². The number of hydrogen-bond donors (Lipinski definition) is 1. The Morgan fingerprint density at radius 3 is 2.19 bits per heavy atom. The van der Waals surface area contributed by atoms with Crippen molar-refractivity contribution in [3.05, 3.63) is 75.2 Å². The van der Waals surface area contributed by atoms with Gasteiger partial charge in [0.25, 0.3) is 0 Å². The van der Waals surface area contributed by atoms with Crippen LogP contribution in [0.5, 0.6) is 0 Å². The van der Waals surface area contributed by atoms with Gasteiger partial charge in [-0.3, -0.25) is 0 Å². The molecule has 0 atom stereocenters. The van der Waals surface area contributed by atoms with Crippen LogP contribution in [0.25, 0.3) is 10.8 Å². The van der Waals surface area contributed by atoms with E-state index in [1.165, 1.54) is 0 Å². The topological polar surface area (TPSA) is 38.4 Å². The maximum atomic E-state index is 6.13. The predicted molar refractivity (Wildman–Crippen MR) is 96.2 cm³/mol. The summed E-state index contributed by atoms with van der Waals surface area (Å²) in [6.45, 7) is 0. The number of nitrogens with two attached hydrogens (primary N) is 1. The van der Waals surface area contributed by atoms with E-state index in [0.717, 1.165) is 31.0 Å². The van der Waals surface area contributed by atoms with Crippen molar-refractivity contribution < 1.29 is 0 Å². The summed E-state index contributed by atoms with van der Waals surface area (Å²) >= 11 is 6.98. The van der Waals surface area contributed by atoms with E-state index in [-0.39, 0.29) is 0 Å². The summed E-state index contributed by atoms with van der Waals surface area (Å²) in [7, 11) is 0. The van der Waals surface area contributed by atoms with Crippen molar-refractivity contribution in [2.75, 3.05) is 0 Å². The van der Waals surface area contributed by atoms with Gasteiger partial charge in [-0.25, -0.2) is 4.99 Å². The molecule has 2 nitrogen and oxygen atoms in total. The summed E-state index contributed by atoms with van der Waals surface area (Å²) in [4.78, 5) is 4.59. The van der Waals surface area contributed by atoms with Gasteiger partial charge in [-0.2, -0.15) is 0 Å².